The van der Waals surface area contributed by atoms with E-state index in [-0.39, 0.29) is 6.42 Å². The molecule has 0 aromatic heterocycles. The Morgan fingerprint density at radius 1 is 1.50 bits per heavy atom. The van der Waals surface area contributed by atoms with Gasteiger partial charge in [0.1, 0.15) is 0 Å². The largest absolute Gasteiger partial charge is 0.478 e. The van der Waals surface area contributed by atoms with Gasteiger partial charge >= 0.3 is 5.97 Å². The lowest BCUT2D eigenvalue weighted by molar-refractivity contribution is -0.160. The third-order valence-electron chi connectivity index (χ3n) is 2.49. The van der Waals surface area contributed by atoms with E-state index < -0.39 is 11.6 Å². The van der Waals surface area contributed by atoms with Crippen LogP contribution in [0, 0.1) is 0 Å². The van der Waals surface area contributed by atoms with Crippen LogP contribution >= 0.6 is 11.6 Å². The Balaban J connectivity index is 2.20. The summed E-state index contributed by atoms with van der Waals surface area (Å²) in [4.78, 5) is 15.9. The predicted molar refractivity (Wildman–Crippen MR) is 59.7 cm³/mol. The van der Waals surface area contributed by atoms with Crippen LogP contribution in [0.15, 0.2) is 29.4 Å². The van der Waals surface area contributed by atoms with Crippen molar-refractivity contribution in [2.45, 2.75) is 18.9 Å². The van der Waals surface area contributed by atoms with Gasteiger partial charge in [0.15, 0.2) is 0 Å². The minimum absolute atomic E-state index is 0.254. The summed E-state index contributed by atoms with van der Waals surface area (Å²) in [5.41, 5.74) is 0.200. The van der Waals surface area contributed by atoms with E-state index in [1.54, 1.807) is 24.3 Å². The topological polar surface area (TPSA) is 58.9 Å². The van der Waals surface area contributed by atoms with E-state index in [4.69, 9.17) is 21.5 Å². The standard InChI is InChI=1S/C11H10ClNO3/c1-11(10(14)15)6-9(13-16-11)7-2-4-8(12)5-3-7/h2-5H,6H2,1H3,(H,14,15)/t11-/m0/s1. The molecule has 2 rings (SSSR count). The van der Waals surface area contributed by atoms with Gasteiger partial charge in [0.2, 0.25) is 5.60 Å². The van der Waals surface area contributed by atoms with Crippen molar-refractivity contribution in [1.82, 2.24) is 0 Å². The van der Waals surface area contributed by atoms with Crippen molar-refractivity contribution in [2.75, 3.05) is 0 Å². The van der Waals surface area contributed by atoms with Crippen molar-refractivity contribution in [3.63, 3.8) is 0 Å². The van der Waals surface area contributed by atoms with Gasteiger partial charge in [-0.3, -0.25) is 0 Å². The molecule has 1 aliphatic heterocycles. The molecule has 0 spiro atoms. The van der Waals surface area contributed by atoms with Crippen LogP contribution in [-0.4, -0.2) is 22.4 Å². The van der Waals surface area contributed by atoms with Gasteiger partial charge in [-0.25, -0.2) is 4.79 Å². The molecule has 5 heteroatoms. The molecule has 16 heavy (non-hydrogen) atoms. The molecule has 0 radical (unpaired) electrons. The zero-order chi connectivity index (χ0) is 11.8. The number of benzene rings is 1. The Kier molecular flexibility index (Phi) is 2.59. The number of hydrogen-bond donors (Lipinski definition) is 1. The lowest BCUT2D eigenvalue weighted by atomic mass is 9.96. The summed E-state index contributed by atoms with van der Waals surface area (Å²) < 4.78 is 0. The lowest BCUT2D eigenvalue weighted by Crippen LogP contribution is -2.35. The minimum atomic E-state index is -1.25. The molecular formula is C11H10ClNO3. The second kappa shape index (κ2) is 3.79. The number of carboxylic acid groups (broad SMARTS) is 1. The number of carbonyl (C=O) groups is 1. The van der Waals surface area contributed by atoms with Gasteiger partial charge in [0.05, 0.1) is 5.71 Å². The number of aliphatic carboxylic acids is 1. The summed E-state index contributed by atoms with van der Waals surface area (Å²) in [6, 6.07) is 7.04. The average molecular weight is 240 g/mol. The highest BCUT2D eigenvalue weighted by Crippen LogP contribution is 2.27. The van der Waals surface area contributed by atoms with Crippen molar-refractivity contribution in [3.8, 4) is 0 Å². The summed E-state index contributed by atoms with van der Waals surface area (Å²) in [7, 11) is 0. The summed E-state index contributed by atoms with van der Waals surface area (Å²) >= 11 is 5.76. The fourth-order valence-electron chi connectivity index (χ4n) is 1.45. The van der Waals surface area contributed by atoms with Crippen LogP contribution in [0.3, 0.4) is 0 Å². The van der Waals surface area contributed by atoms with Crippen LogP contribution in [0.25, 0.3) is 0 Å². The molecule has 0 bridgehead atoms. The van der Waals surface area contributed by atoms with Gasteiger partial charge in [-0.15, -0.1) is 0 Å². The summed E-state index contributed by atoms with van der Waals surface area (Å²) in [6.07, 6.45) is 0.254. The maximum atomic E-state index is 10.9. The molecule has 1 N–H and O–H groups in total. The van der Waals surface area contributed by atoms with Gasteiger partial charge in [-0.1, -0.05) is 28.9 Å². The Morgan fingerprint density at radius 3 is 2.62 bits per heavy atom. The van der Waals surface area contributed by atoms with E-state index in [2.05, 4.69) is 5.16 Å². The van der Waals surface area contributed by atoms with Gasteiger partial charge in [0.25, 0.3) is 0 Å². The SMILES string of the molecule is C[C@@]1(C(=O)O)CC(c2ccc(Cl)cc2)=NO1. The van der Waals surface area contributed by atoms with E-state index in [1.807, 2.05) is 0 Å². The molecule has 0 unspecified atom stereocenters. The van der Waals surface area contributed by atoms with Crippen LogP contribution in [0.4, 0.5) is 0 Å². The third-order valence-corrected chi connectivity index (χ3v) is 2.74. The van der Waals surface area contributed by atoms with E-state index in [0.29, 0.717) is 10.7 Å². The number of halogens is 1. The average Bonchev–Trinajstić information content (AvgIpc) is 2.63. The molecule has 0 saturated carbocycles. The fourth-order valence-corrected chi connectivity index (χ4v) is 1.58. The molecule has 1 aromatic rings. The Bertz CT molecular complexity index is 455. The molecule has 1 aromatic carbocycles. The molecule has 1 heterocycles. The molecule has 0 amide bonds. The molecule has 84 valence electrons. The highest BCUT2D eigenvalue weighted by Gasteiger charge is 2.42. The Morgan fingerprint density at radius 2 is 2.12 bits per heavy atom. The minimum Gasteiger partial charge on any atom is -0.478 e. The quantitative estimate of drug-likeness (QED) is 0.862. The molecule has 1 aliphatic rings. The van der Waals surface area contributed by atoms with Gasteiger partial charge in [-0.2, -0.15) is 0 Å². The van der Waals surface area contributed by atoms with Crippen molar-refractivity contribution in [2.24, 2.45) is 5.16 Å². The molecule has 0 aliphatic carbocycles. The Hall–Kier alpha value is -1.55. The first kappa shape index (κ1) is 11.0. The monoisotopic (exact) mass is 239 g/mol. The van der Waals surface area contributed by atoms with E-state index in [0.717, 1.165) is 5.56 Å². The number of hydrogen-bond acceptors (Lipinski definition) is 3. The van der Waals surface area contributed by atoms with Gasteiger partial charge in [0, 0.05) is 11.4 Å². The van der Waals surface area contributed by atoms with E-state index in [9.17, 15) is 4.79 Å². The van der Waals surface area contributed by atoms with Crippen molar-refractivity contribution < 1.29 is 14.7 Å². The number of carboxylic acids is 1. The molecular weight excluding hydrogens is 230 g/mol. The van der Waals surface area contributed by atoms with Gasteiger partial charge in [-0.05, 0) is 24.6 Å². The zero-order valence-electron chi connectivity index (χ0n) is 8.61. The van der Waals surface area contributed by atoms with Gasteiger partial charge < -0.3 is 9.94 Å². The van der Waals surface area contributed by atoms with E-state index >= 15 is 0 Å². The third kappa shape index (κ3) is 1.88. The summed E-state index contributed by atoms with van der Waals surface area (Å²) in [5.74, 6) is -1.01. The molecule has 4 nitrogen and oxygen atoms in total. The lowest BCUT2D eigenvalue weighted by Gasteiger charge is -2.14. The maximum Gasteiger partial charge on any atom is 0.351 e. The number of rotatable bonds is 2. The fraction of sp³-hybridized carbons (Fsp3) is 0.273. The van der Waals surface area contributed by atoms with Crippen molar-refractivity contribution >= 4 is 23.3 Å². The first-order valence-corrected chi connectivity index (χ1v) is 5.13. The number of oxime groups is 1. The predicted octanol–water partition coefficient (Wildman–Crippen LogP) is 2.31. The zero-order valence-corrected chi connectivity index (χ0v) is 9.36. The summed E-state index contributed by atoms with van der Waals surface area (Å²) in [6.45, 7) is 1.50. The van der Waals surface area contributed by atoms with Crippen LogP contribution in [0.2, 0.25) is 5.02 Å². The smallest absolute Gasteiger partial charge is 0.351 e. The molecule has 0 saturated heterocycles. The number of nitrogens with zero attached hydrogens (tertiary/aromatic N) is 1. The van der Waals surface area contributed by atoms with Crippen molar-refractivity contribution in [1.29, 1.82) is 0 Å². The summed E-state index contributed by atoms with van der Waals surface area (Å²) in [5, 5.41) is 13.4. The van der Waals surface area contributed by atoms with Crippen molar-refractivity contribution in [3.05, 3.63) is 34.9 Å². The van der Waals surface area contributed by atoms with Crippen LogP contribution in [0.1, 0.15) is 18.9 Å². The highest BCUT2D eigenvalue weighted by molar-refractivity contribution is 6.30. The second-order valence-corrected chi connectivity index (χ2v) is 4.29. The first-order valence-electron chi connectivity index (χ1n) is 4.76. The molecule has 1 atom stereocenters. The molecule has 0 fully saturated rings. The maximum absolute atomic E-state index is 10.9. The Labute approximate surface area is 97.5 Å². The van der Waals surface area contributed by atoms with E-state index in [1.165, 1.54) is 6.92 Å². The van der Waals surface area contributed by atoms with Crippen LogP contribution < -0.4 is 0 Å². The second-order valence-electron chi connectivity index (χ2n) is 3.85. The van der Waals surface area contributed by atoms with Crippen LogP contribution in [-0.2, 0) is 9.63 Å². The highest BCUT2D eigenvalue weighted by atomic mass is 35.5. The first-order chi connectivity index (χ1) is 7.51. The van der Waals surface area contributed by atoms with Crippen LogP contribution in [0.5, 0.6) is 0 Å². The normalized spacial score (nSPS) is 23.8.